The van der Waals surface area contributed by atoms with E-state index in [4.69, 9.17) is 11.6 Å². The number of sulfonamides is 1. The van der Waals surface area contributed by atoms with Gasteiger partial charge >= 0.3 is 0 Å². The molecule has 0 unspecified atom stereocenters. The summed E-state index contributed by atoms with van der Waals surface area (Å²) in [5.74, 6) is -0.466. The summed E-state index contributed by atoms with van der Waals surface area (Å²) in [5, 5.41) is 14.9. The molecule has 10 heteroatoms. The molecule has 0 saturated carbocycles. The number of phenolic OH excluding ortho intramolecular Hbond substituents is 1. The third-order valence-corrected chi connectivity index (χ3v) is 8.09. The van der Waals surface area contributed by atoms with Crippen molar-refractivity contribution in [2.24, 2.45) is 5.10 Å². The van der Waals surface area contributed by atoms with Gasteiger partial charge in [-0.2, -0.15) is 9.41 Å². The fourth-order valence-corrected chi connectivity index (χ4v) is 5.82. The number of fused-ring (bicyclic) bond motifs is 1. The predicted molar refractivity (Wildman–Crippen MR) is 123 cm³/mol. The highest BCUT2D eigenvalue weighted by Crippen LogP contribution is 2.35. The normalized spacial score (nSPS) is 19.0. The number of halogens is 1. The van der Waals surface area contributed by atoms with Crippen molar-refractivity contribution in [1.82, 2.24) is 14.6 Å². The van der Waals surface area contributed by atoms with Crippen LogP contribution in [-0.4, -0.2) is 67.6 Å². The van der Waals surface area contributed by atoms with Gasteiger partial charge in [-0.3, -0.25) is 4.79 Å². The molecule has 0 aromatic heterocycles. The van der Waals surface area contributed by atoms with E-state index < -0.39 is 15.9 Å². The van der Waals surface area contributed by atoms with E-state index in [0.29, 0.717) is 48.8 Å². The topological polar surface area (TPSA) is 102 Å². The lowest BCUT2D eigenvalue weighted by Crippen LogP contribution is -2.34. The van der Waals surface area contributed by atoms with Gasteiger partial charge in [-0.1, -0.05) is 17.7 Å². The molecule has 1 saturated heterocycles. The number of carbonyl (C=O) groups is 1. The van der Waals surface area contributed by atoms with Crippen LogP contribution in [0.5, 0.6) is 5.75 Å². The molecule has 2 N–H and O–H groups in total. The van der Waals surface area contributed by atoms with Crippen LogP contribution in [0.25, 0.3) is 0 Å². The van der Waals surface area contributed by atoms with Gasteiger partial charge in [0.2, 0.25) is 10.0 Å². The van der Waals surface area contributed by atoms with Gasteiger partial charge in [-0.05, 0) is 68.8 Å². The van der Waals surface area contributed by atoms with E-state index in [0.717, 1.165) is 18.5 Å². The first kappa shape index (κ1) is 22.7. The van der Waals surface area contributed by atoms with Gasteiger partial charge in [-0.25, -0.2) is 13.8 Å². The van der Waals surface area contributed by atoms with E-state index in [1.807, 2.05) is 7.05 Å². The Labute approximate surface area is 192 Å². The van der Waals surface area contributed by atoms with Gasteiger partial charge in [0, 0.05) is 35.8 Å². The molecule has 1 amide bonds. The lowest BCUT2D eigenvalue weighted by atomic mass is 10.1. The number of amides is 1. The molecule has 8 nitrogen and oxygen atoms in total. The highest BCUT2D eigenvalue weighted by atomic mass is 35.5. The van der Waals surface area contributed by atoms with Crippen LogP contribution in [0.15, 0.2) is 46.4 Å². The fraction of sp³-hybridized carbons (Fsp3) is 0.364. The number of carbonyl (C=O) groups excluding carboxylic acids is 1. The van der Waals surface area contributed by atoms with Crippen molar-refractivity contribution in [2.75, 3.05) is 33.2 Å². The third kappa shape index (κ3) is 4.52. The van der Waals surface area contributed by atoms with Crippen molar-refractivity contribution < 1.29 is 18.3 Å². The van der Waals surface area contributed by atoms with Crippen LogP contribution in [0.3, 0.4) is 0 Å². The second-order valence-electron chi connectivity index (χ2n) is 8.01. The summed E-state index contributed by atoms with van der Waals surface area (Å²) in [6.07, 6.45) is 1.91. The first-order valence-electron chi connectivity index (χ1n) is 10.4. The number of likely N-dealkylation sites (N-methyl/N-ethyl adjacent to an activating group) is 1. The van der Waals surface area contributed by atoms with Gasteiger partial charge in [0.05, 0.1) is 10.6 Å². The Hall–Kier alpha value is -2.46. The molecule has 4 rings (SSSR count). The summed E-state index contributed by atoms with van der Waals surface area (Å²) in [5.41, 5.74) is 4.55. The van der Waals surface area contributed by atoms with Gasteiger partial charge in [0.1, 0.15) is 5.75 Å². The number of aromatic hydroxyl groups is 1. The molecule has 2 aromatic carbocycles. The number of hydrogen-bond acceptors (Lipinski definition) is 6. The minimum atomic E-state index is -3.70. The average molecular weight is 477 g/mol. The second kappa shape index (κ2) is 9.19. The molecule has 0 bridgehead atoms. The maximum Gasteiger partial charge on any atom is 0.271 e. The molecular formula is C22H25ClN4O4S. The smallest absolute Gasteiger partial charge is 0.271 e. The molecule has 0 atom stereocenters. The Kier molecular flexibility index (Phi) is 6.52. The Morgan fingerprint density at radius 3 is 2.75 bits per heavy atom. The Morgan fingerprint density at radius 2 is 1.94 bits per heavy atom. The van der Waals surface area contributed by atoms with Crippen LogP contribution in [0, 0.1) is 0 Å². The van der Waals surface area contributed by atoms with E-state index >= 15 is 0 Å². The quantitative estimate of drug-likeness (QED) is 0.660. The van der Waals surface area contributed by atoms with Gasteiger partial charge < -0.3 is 10.0 Å². The second-order valence-corrected chi connectivity index (χ2v) is 10.4. The molecule has 1 fully saturated rings. The summed E-state index contributed by atoms with van der Waals surface area (Å²) >= 11 is 6.19. The number of nitrogens with zero attached hydrogens (tertiary/aromatic N) is 3. The summed E-state index contributed by atoms with van der Waals surface area (Å²) in [7, 11) is -1.73. The zero-order valence-corrected chi connectivity index (χ0v) is 19.3. The summed E-state index contributed by atoms with van der Waals surface area (Å²) < 4.78 is 27.7. The monoisotopic (exact) mass is 476 g/mol. The number of hydrogen-bond donors (Lipinski definition) is 2. The molecule has 0 spiro atoms. The lowest BCUT2D eigenvalue weighted by Gasteiger charge is -2.20. The summed E-state index contributed by atoms with van der Waals surface area (Å²) in [6, 6.07) is 9.09. The number of rotatable bonds is 4. The maximum absolute atomic E-state index is 13.1. The third-order valence-electron chi connectivity index (χ3n) is 5.84. The van der Waals surface area contributed by atoms with Crippen molar-refractivity contribution >= 4 is 33.2 Å². The highest BCUT2D eigenvalue weighted by molar-refractivity contribution is 7.89. The summed E-state index contributed by atoms with van der Waals surface area (Å²) in [6.45, 7) is 2.37. The average Bonchev–Trinajstić information content (AvgIpc) is 3.10. The molecule has 1 heterocycles. The van der Waals surface area contributed by atoms with Gasteiger partial charge in [0.15, 0.2) is 0 Å². The molecule has 32 heavy (non-hydrogen) atoms. The van der Waals surface area contributed by atoms with Crippen LogP contribution in [0.2, 0.25) is 5.02 Å². The standard InChI is InChI=1S/C22H25ClN4O4S/c1-26-10-3-11-27(13-12-26)32(30,31)16-5-2-4-15(14-16)22(29)25-24-19-8-6-17-18(23)7-9-20(28)21(17)19/h2,4-5,7,9,14,28H,3,6,8,10-13H2,1H3,(H,25,29)/b24-19+. The van der Waals surface area contributed by atoms with Crippen LogP contribution in [0.1, 0.15) is 34.3 Å². The van der Waals surface area contributed by atoms with Crippen molar-refractivity contribution in [1.29, 1.82) is 0 Å². The van der Waals surface area contributed by atoms with Gasteiger partial charge in [-0.15, -0.1) is 0 Å². The SMILES string of the molecule is CN1CCCN(S(=O)(=O)c2cccc(C(=O)N/N=C3\CCc4c(Cl)ccc(O)c43)c2)CC1. The molecule has 2 aliphatic rings. The minimum Gasteiger partial charge on any atom is -0.507 e. The molecule has 1 aliphatic heterocycles. The van der Waals surface area contributed by atoms with Crippen LogP contribution >= 0.6 is 11.6 Å². The van der Waals surface area contributed by atoms with E-state index in [9.17, 15) is 18.3 Å². The van der Waals surface area contributed by atoms with Crippen molar-refractivity contribution in [3.63, 3.8) is 0 Å². The van der Waals surface area contributed by atoms with Gasteiger partial charge in [0.25, 0.3) is 5.91 Å². The number of benzene rings is 2. The maximum atomic E-state index is 13.1. The molecular weight excluding hydrogens is 452 g/mol. The molecule has 0 radical (unpaired) electrons. The Bertz CT molecular complexity index is 1180. The fourth-order valence-electron chi connectivity index (χ4n) is 4.05. The zero-order valence-electron chi connectivity index (χ0n) is 17.7. The molecule has 2 aromatic rings. The molecule has 1 aliphatic carbocycles. The molecule has 170 valence electrons. The lowest BCUT2D eigenvalue weighted by molar-refractivity contribution is 0.0954. The van der Waals surface area contributed by atoms with E-state index in [2.05, 4.69) is 15.4 Å². The van der Waals surface area contributed by atoms with Crippen LogP contribution < -0.4 is 5.43 Å². The zero-order chi connectivity index (χ0) is 22.9. The van der Waals surface area contributed by atoms with E-state index in [1.54, 1.807) is 18.2 Å². The summed E-state index contributed by atoms with van der Waals surface area (Å²) in [4.78, 5) is 14.9. The first-order valence-corrected chi connectivity index (χ1v) is 12.3. The number of hydrazone groups is 1. The largest absolute Gasteiger partial charge is 0.507 e. The van der Waals surface area contributed by atoms with E-state index in [1.165, 1.54) is 22.5 Å². The van der Waals surface area contributed by atoms with E-state index in [-0.39, 0.29) is 16.2 Å². The first-order chi connectivity index (χ1) is 15.3. The Balaban J connectivity index is 1.53. The number of phenols is 1. The Morgan fingerprint density at radius 1 is 1.12 bits per heavy atom. The minimum absolute atomic E-state index is 0.0612. The van der Waals surface area contributed by atoms with Crippen LogP contribution in [0.4, 0.5) is 0 Å². The van der Waals surface area contributed by atoms with Crippen molar-refractivity contribution in [3.05, 3.63) is 58.1 Å². The van der Waals surface area contributed by atoms with Crippen molar-refractivity contribution in [2.45, 2.75) is 24.2 Å². The van der Waals surface area contributed by atoms with Crippen LogP contribution in [-0.2, 0) is 16.4 Å². The highest BCUT2D eigenvalue weighted by Gasteiger charge is 2.27. The predicted octanol–water partition coefficient (Wildman–Crippen LogP) is 2.45. The number of nitrogens with one attached hydrogen (secondary N) is 1. The van der Waals surface area contributed by atoms with Crippen molar-refractivity contribution in [3.8, 4) is 5.75 Å².